The molecule has 5 heteroatoms. The molecule has 0 amide bonds. The quantitative estimate of drug-likeness (QED) is 0.751. The third kappa shape index (κ3) is 2.13. The minimum Gasteiger partial charge on any atom is -0.443 e. The van der Waals surface area contributed by atoms with Gasteiger partial charge in [-0.2, -0.15) is 5.10 Å². The average molecular weight is 256 g/mol. The molecule has 2 N–H and O–H groups in total. The lowest BCUT2D eigenvalue weighted by atomic mass is 10.1. The monoisotopic (exact) mass is 256 g/mol. The van der Waals surface area contributed by atoms with Crippen molar-refractivity contribution >= 4 is 11.1 Å². The largest absolute Gasteiger partial charge is 0.443 e. The first-order valence-electron chi connectivity index (χ1n) is 6.31. The fourth-order valence-corrected chi connectivity index (χ4v) is 2.21. The normalized spacial score (nSPS) is 11.3. The van der Waals surface area contributed by atoms with Crippen LogP contribution < -0.4 is 5.32 Å². The molecule has 19 heavy (non-hydrogen) atoms. The topological polar surface area (TPSA) is 66.7 Å². The van der Waals surface area contributed by atoms with Crippen LogP contribution in [0.15, 0.2) is 29.0 Å². The number of oxazole rings is 1. The molecular weight excluding hydrogens is 240 g/mol. The molecule has 2 aromatic heterocycles. The van der Waals surface area contributed by atoms with Crippen LogP contribution in [0.25, 0.3) is 22.4 Å². The van der Waals surface area contributed by atoms with E-state index in [9.17, 15) is 0 Å². The van der Waals surface area contributed by atoms with Crippen LogP contribution in [0.3, 0.4) is 0 Å². The Balaban J connectivity index is 1.98. The minimum absolute atomic E-state index is 0.789. The molecule has 0 bridgehead atoms. The van der Waals surface area contributed by atoms with E-state index in [-0.39, 0.29) is 0 Å². The summed E-state index contributed by atoms with van der Waals surface area (Å²) in [4.78, 5) is 4.12. The van der Waals surface area contributed by atoms with Crippen molar-refractivity contribution in [3.63, 3.8) is 0 Å². The van der Waals surface area contributed by atoms with E-state index in [1.54, 1.807) is 0 Å². The number of benzene rings is 1. The average Bonchev–Trinajstić information content (AvgIpc) is 3.02. The molecule has 0 radical (unpaired) electrons. The summed E-state index contributed by atoms with van der Waals surface area (Å²) in [5.41, 5.74) is 6.04. The molecular formula is C14H16N4O. The number of likely N-dealkylation sites (N-methyl/N-ethyl adjacent to an activating group) is 1. The molecule has 0 spiro atoms. The van der Waals surface area contributed by atoms with E-state index in [4.69, 9.17) is 4.42 Å². The summed E-state index contributed by atoms with van der Waals surface area (Å²) in [6.45, 7) is 3.03. The van der Waals surface area contributed by atoms with Crippen molar-refractivity contribution in [1.82, 2.24) is 20.5 Å². The first kappa shape index (κ1) is 11.9. The maximum atomic E-state index is 5.33. The van der Waals surface area contributed by atoms with Gasteiger partial charge in [0.05, 0.1) is 5.69 Å². The standard InChI is InChI=1S/C14H16N4O/c1-9-11(5-6-15-2)17-18-14(9)10-3-4-12-13(7-10)19-8-16-12/h3-4,7-8,15H,5-6H2,1-2H3,(H,17,18). The van der Waals surface area contributed by atoms with E-state index in [1.165, 1.54) is 17.7 Å². The highest BCUT2D eigenvalue weighted by Gasteiger charge is 2.11. The highest BCUT2D eigenvalue weighted by atomic mass is 16.3. The van der Waals surface area contributed by atoms with Crippen molar-refractivity contribution in [2.24, 2.45) is 0 Å². The van der Waals surface area contributed by atoms with Gasteiger partial charge in [-0.15, -0.1) is 0 Å². The summed E-state index contributed by atoms with van der Waals surface area (Å²) in [7, 11) is 1.95. The number of nitrogens with zero attached hydrogens (tertiary/aromatic N) is 2. The number of fused-ring (bicyclic) bond motifs is 1. The first-order valence-corrected chi connectivity index (χ1v) is 6.31. The van der Waals surface area contributed by atoms with Crippen molar-refractivity contribution in [2.45, 2.75) is 13.3 Å². The van der Waals surface area contributed by atoms with Crippen LogP contribution in [-0.2, 0) is 6.42 Å². The SMILES string of the molecule is CNCCc1[nH]nc(-c2ccc3ncoc3c2)c1C. The van der Waals surface area contributed by atoms with Crippen LogP contribution in [0.1, 0.15) is 11.3 Å². The second-order valence-corrected chi connectivity index (χ2v) is 4.56. The molecule has 2 heterocycles. The molecule has 1 aromatic carbocycles. The number of aromatic amines is 1. The van der Waals surface area contributed by atoms with Crippen LogP contribution in [0.4, 0.5) is 0 Å². The van der Waals surface area contributed by atoms with Crippen molar-refractivity contribution in [2.75, 3.05) is 13.6 Å². The summed E-state index contributed by atoms with van der Waals surface area (Å²) in [6.07, 6.45) is 2.41. The van der Waals surface area contributed by atoms with Gasteiger partial charge in [-0.1, -0.05) is 6.07 Å². The number of H-pyrrole nitrogens is 1. The molecule has 0 unspecified atom stereocenters. The van der Waals surface area contributed by atoms with E-state index < -0.39 is 0 Å². The predicted octanol–water partition coefficient (Wildman–Crippen LogP) is 2.29. The number of rotatable bonds is 4. The van der Waals surface area contributed by atoms with Gasteiger partial charge in [0.15, 0.2) is 12.0 Å². The molecule has 0 aliphatic heterocycles. The lowest BCUT2D eigenvalue weighted by Gasteiger charge is -2.00. The van der Waals surface area contributed by atoms with Gasteiger partial charge in [0.2, 0.25) is 0 Å². The Morgan fingerprint density at radius 2 is 2.26 bits per heavy atom. The van der Waals surface area contributed by atoms with E-state index in [1.807, 2.05) is 25.2 Å². The van der Waals surface area contributed by atoms with Crippen LogP contribution in [0, 0.1) is 6.92 Å². The summed E-state index contributed by atoms with van der Waals surface area (Å²) < 4.78 is 5.33. The Morgan fingerprint density at radius 1 is 1.37 bits per heavy atom. The van der Waals surface area contributed by atoms with Crippen LogP contribution in [0.5, 0.6) is 0 Å². The van der Waals surface area contributed by atoms with Crippen molar-refractivity contribution < 1.29 is 4.42 Å². The number of nitrogens with one attached hydrogen (secondary N) is 2. The van der Waals surface area contributed by atoms with E-state index >= 15 is 0 Å². The van der Waals surface area contributed by atoms with Crippen LogP contribution >= 0.6 is 0 Å². The number of hydrogen-bond donors (Lipinski definition) is 2. The van der Waals surface area contributed by atoms with Crippen molar-refractivity contribution in [3.8, 4) is 11.3 Å². The van der Waals surface area contributed by atoms with E-state index in [2.05, 4.69) is 27.4 Å². The minimum atomic E-state index is 0.789. The highest BCUT2D eigenvalue weighted by molar-refractivity contribution is 5.79. The predicted molar refractivity (Wildman–Crippen MR) is 74.0 cm³/mol. The Kier molecular flexibility index (Phi) is 3.05. The molecule has 0 aliphatic rings. The fourth-order valence-electron chi connectivity index (χ4n) is 2.21. The summed E-state index contributed by atoms with van der Waals surface area (Å²) in [5, 5.41) is 10.7. The van der Waals surface area contributed by atoms with Gasteiger partial charge in [-0.3, -0.25) is 5.10 Å². The highest BCUT2D eigenvalue weighted by Crippen LogP contribution is 2.26. The maximum absolute atomic E-state index is 5.33. The molecule has 0 fully saturated rings. The maximum Gasteiger partial charge on any atom is 0.181 e. The third-order valence-electron chi connectivity index (χ3n) is 3.34. The van der Waals surface area contributed by atoms with Crippen LogP contribution in [-0.4, -0.2) is 28.8 Å². The molecule has 0 aliphatic carbocycles. The molecule has 0 atom stereocenters. The molecule has 3 rings (SSSR count). The molecule has 5 nitrogen and oxygen atoms in total. The van der Waals surface area contributed by atoms with Crippen molar-refractivity contribution in [3.05, 3.63) is 35.9 Å². The number of aromatic nitrogens is 3. The van der Waals surface area contributed by atoms with Crippen LogP contribution in [0.2, 0.25) is 0 Å². The summed E-state index contributed by atoms with van der Waals surface area (Å²) in [6, 6.07) is 5.96. The third-order valence-corrected chi connectivity index (χ3v) is 3.34. The molecule has 3 aromatic rings. The second kappa shape index (κ2) is 4.85. The molecule has 0 saturated heterocycles. The van der Waals surface area contributed by atoms with Gasteiger partial charge in [-0.25, -0.2) is 4.98 Å². The second-order valence-electron chi connectivity index (χ2n) is 4.56. The summed E-state index contributed by atoms with van der Waals surface area (Å²) >= 11 is 0. The Labute approximate surface area is 111 Å². The Morgan fingerprint density at radius 3 is 3.11 bits per heavy atom. The van der Waals surface area contributed by atoms with Gasteiger partial charge < -0.3 is 9.73 Å². The lowest BCUT2D eigenvalue weighted by molar-refractivity contribution is 0.602. The van der Waals surface area contributed by atoms with Gasteiger partial charge >= 0.3 is 0 Å². The number of hydrogen-bond acceptors (Lipinski definition) is 4. The van der Waals surface area contributed by atoms with E-state index in [0.717, 1.165) is 35.3 Å². The lowest BCUT2D eigenvalue weighted by Crippen LogP contribution is -2.11. The Bertz CT molecular complexity index is 698. The zero-order chi connectivity index (χ0) is 13.2. The van der Waals surface area contributed by atoms with Gasteiger partial charge in [0.25, 0.3) is 0 Å². The van der Waals surface area contributed by atoms with Gasteiger partial charge in [-0.05, 0) is 31.7 Å². The fraction of sp³-hybridized carbons (Fsp3) is 0.286. The van der Waals surface area contributed by atoms with Gasteiger partial charge in [0, 0.05) is 24.2 Å². The summed E-state index contributed by atoms with van der Waals surface area (Å²) in [5.74, 6) is 0. The van der Waals surface area contributed by atoms with E-state index in [0.29, 0.717) is 0 Å². The zero-order valence-electron chi connectivity index (χ0n) is 11.0. The van der Waals surface area contributed by atoms with Gasteiger partial charge in [0.1, 0.15) is 5.52 Å². The Hall–Kier alpha value is -2.14. The zero-order valence-corrected chi connectivity index (χ0v) is 11.0. The molecule has 98 valence electrons. The molecule has 0 saturated carbocycles. The smallest absolute Gasteiger partial charge is 0.181 e. The van der Waals surface area contributed by atoms with Crippen molar-refractivity contribution in [1.29, 1.82) is 0 Å². The first-order chi connectivity index (χ1) is 9.29.